The molecule has 1 amide bonds. The lowest BCUT2D eigenvalue weighted by Crippen LogP contribution is -2.64. The molecule has 2 rings (SSSR count). The van der Waals surface area contributed by atoms with Gasteiger partial charge in [-0.05, 0) is 39.7 Å². The summed E-state index contributed by atoms with van der Waals surface area (Å²) in [4.78, 5) is 13.6. The van der Waals surface area contributed by atoms with Gasteiger partial charge in [-0.1, -0.05) is 0 Å². The number of amides is 1. The number of carbonyl (C=O) groups excluding carboxylic acids is 1. The fourth-order valence-electron chi connectivity index (χ4n) is 3.24. The maximum Gasteiger partial charge on any atom is 0.221 e. The van der Waals surface area contributed by atoms with Gasteiger partial charge in [-0.15, -0.1) is 0 Å². The number of primary amides is 1. The molecule has 104 valence electrons. The third-order valence-electron chi connectivity index (χ3n) is 4.60. The molecule has 0 aromatic rings. The van der Waals surface area contributed by atoms with Crippen molar-refractivity contribution < 1.29 is 9.90 Å². The molecule has 4 N–H and O–H groups in total. The van der Waals surface area contributed by atoms with Crippen molar-refractivity contribution in [3.63, 3.8) is 0 Å². The molecule has 18 heavy (non-hydrogen) atoms. The smallest absolute Gasteiger partial charge is 0.221 e. The highest BCUT2D eigenvalue weighted by Crippen LogP contribution is 2.30. The van der Waals surface area contributed by atoms with Crippen LogP contribution < -0.4 is 11.1 Å². The Kier molecular flexibility index (Phi) is 3.94. The molecule has 2 fully saturated rings. The summed E-state index contributed by atoms with van der Waals surface area (Å²) < 4.78 is 0. The molecule has 4 unspecified atom stereocenters. The molecule has 0 aromatic heterocycles. The highest BCUT2D eigenvalue weighted by atomic mass is 16.3. The number of likely N-dealkylation sites (tertiary alicyclic amines) is 1. The molecule has 5 heteroatoms. The Bertz CT molecular complexity index is 319. The van der Waals surface area contributed by atoms with E-state index in [1.807, 2.05) is 6.92 Å². The third kappa shape index (κ3) is 2.68. The summed E-state index contributed by atoms with van der Waals surface area (Å²) >= 11 is 0. The molecule has 5 nitrogen and oxygen atoms in total. The number of carbonyl (C=O) groups is 1. The van der Waals surface area contributed by atoms with E-state index in [-0.39, 0.29) is 17.9 Å². The molecule has 0 bridgehead atoms. The van der Waals surface area contributed by atoms with Crippen LogP contribution in [0, 0.1) is 5.92 Å². The lowest BCUT2D eigenvalue weighted by Gasteiger charge is -2.49. The molecule has 0 spiro atoms. The van der Waals surface area contributed by atoms with Crippen LogP contribution in [-0.2, 0) is 4.79 Å². The van der Waals surface area contributed by atoms with Gasteiger partial charge in [0.1, 0.15) is 0 Å². The number of piperidine rings is 2. The Hall–Kier alpha value is -0.650. The highest BCUT2D eigenvalue weighted by molar-refractivity contribution is 5.77. The molecule has 2 aliphatic rings. The molecule has 2 heterocycles. The van der Waals surface area contributed by atoms with Crippen LogP contribution in [0.5, 0.6) is 0 Å². The van der Waals surface area contributed by atoms with E-state index in [0.717, 1.165) is 32.4 Å². The predicted molar refractivity (Wildman–Crippen MR) is 70.0 cm³/mol. The minimum absolute atomic E-state index is 0.0704. The second-order valence-electron chi connectivity index (χ2n) is 6.05. The molecule has 0 saturated carbocycles. The van der Waals surface area contributed by atoms with Crippen molar-refractivity contribution in [2.75, 3.05) is 19.6 Å². The first kappa shape index (κ1) is 13.8. The molecular formula is C13H25N3O2. The van der Waals surface area contributed by atoms with E-state index in [9.17, 15) is 9.90 Å². The number of nitrogens with two attached hydrogens (primary N) is 1. The van der Waals surface area contributed by atoms with E-state index < -0.39 is 5.60 Å². The average Bonchev–Trinajstić information content (AvgIpc) is 2.29. The summed E-state index contributed by atoms with van der Waals surface area (Å²) in [5.74, 6) is -0.283. The molecule has 4 atom stereocenters. The third-order valence-corrected chi connectivity index (χ3v) is 4.60. The van der Waals surface area contributed by atoms with E-state index in [2.05, 4.69) is 17.1 Å². The standard InChI is InChI=1S/C13H25N3O2/c1-9-3-4-10(12(14)17)8-16(9)11-7-15-6-5-13(11,2)18/h9-11,15,18H,3-8H2,1-2H3,(H2,14,17). The Labute approximate surface area is 109 Å². The molecule has 2 saturated heterocycles. The number of hydrogen-bond donors (Lipinski definition) is 3. The van der Waals surface area contributed by atoms with Gasteiger partial charge in [0.05, 0.1) is 17.6 Å². The summed E-state index contributed by atoms with van der Waals surface area (Å²) in [5.41, 5.74) is 4.75. The minimum Gasteiger partial charge on any atom is -0.388 e. The molecule has 0 radical (unpaired) electrons. The largest absolute Gasteiger partial charge is 0.388 e. The van der Waals surface area contributed by atoms with Crippen LogP contribution in [0.15, 0.2) is 0 Å². The van der Waals surface area contributed by atoms with Crippen molar-refractivity contribution in [1.29, 1.82) is 0 Å². The summed E-state index contributed by atoms with van der Waals surface area (Å²) in [7, 11) is 0. The van der Waals surface area contributed by atoms with Crippen LogP contribution in [0.25, 0.3) is 0 Å². The van der Waals surface area contributed by atoms with Gasteiger partial charge in [-0.3, -0.25) is 9.69 Å². The Morgan fingerprint density at radius 1 is 1.50 bits per heavy atom. The molecule has 2 aliphatic heterocycles. The van der Waals surface area contributed by atoms with E-state index in [1.165, 1.54) is 0 Å². The second-order valence-corrected chi connectivity index (χ2v) is 6.05. The average molecular weight is 255 g/mol. The maximum absolute atomic E-state index is 11.4. The van der Waals surface area contributed by atoms with Gasteiger partial charge < -0.3 is 16.2 Å². The topological polar surface area (TPSA) is 78.6 Å². The Balaban J connectivity index is 2.11. The lowest BCUT2D eigenvalue weighted by molar-refractivity contribution is -0.127. The zero-order valence-corrected chi connectivity index (χ0v) is 11.4. The Morgan fingerprint density at radius 3 is 2.83 bits per heavy atom. The normalized spacial score (nSPS) is 42.7. The van der Waals surface area contributed by atoms with Gasteiger partial charge in [0.2, 0.25) is 5.91 Å². The van der Waals surface area contributed by atoms with Crippen LogP contribution in [0.4, 0.5) is 0 Å². The molecule has 0 aliphatic carbocycles. The van der Waals surface area contributed by atoms with Gasteiger partial charge in [0, 0.05) is 19.1 Å². The van der Waals surface area contributed by atoms with Crippen LogP contribution >= 0.6 is 0 Å². The maximum atomic E-state index is 11.4. The van der Waals surface area contributed by atoms with Gasteiger partial charge in [-0.25, -0.2) is 0 Å². The monoisotopic (exact) mass is 255 g/mol. The van der Waals surface area contributed by atoms with Gasteiger partial charge in [-0.2, -0.15) is 0 Å². The van der Waals surface area contributed by atoms with Crippen LogP contribution in [0.2, 0.25) is 0 Å². The van der Waals surface area contributed by atoms with E-state index >= 15 is 0 Å². The zero-order chi connectivity index (χ0) is 13.3. The molecular weight excluding hydrogens is 230 g/mol. The van der Waals surface area contributed by atoms with Gasteiger partial charge in [0.15, 0.2) is 0 Å². The zero-order valence-electron chi connectivity index (χ0n) is 11.4. The number of rotatable bonds is 2. The van der Waals surface area contributed by atoms with Crippen LogP contribution in [0.3, 0.4) is 0 Å². The molecule has 0 aromatic carbocycles. The van der Waals surface area contributed by atoms with Crippen LogP contribution in [0.1, 0.15) is 33.1 Å². The fourth-order valence-corrected chi connectivity index (χ4v) is 3.24. The van der Waals surface area contributed by atoms with Gasteiger partial charge in [0.25, 0.3) is 0 Å². The van der Waals surface area contributed by atoms with Gasteiger partial charge >= 0.3 is 0 Å². The van der Waals surface area contributed by atoms with E-state index in [1.54, 1.807) is 0 Å². The van der Waals surface area contributed by atoms with E-state index in [0.29, 0.717) is 12.6 Å². The lowest BCUT2D eigenvalue weighted by atomic mass is 9.83. The van der Waals surface area contributed by atoms with Crippen molar-refractivity contribution in [2.24, 2.45) is 11.7 Å². The van der Waals surface area contributed by atoms with Crippen molar-refractivity contribution in [3.8, 4) is 0 Å². The minimum atomic E-state index is -0.682. The van der Waals surface area contributed by atoms with Crippen LogP contribution in [-0.4, -0.2) is 53.2 Å². The summed E-state index contributed by atoms with van der Waals surface area (Å²) in [6.45, 7) is 6.38. The quantitative estimate of drug-likeness (QED) is 0.632. The second kappa shape index (κ2) is 5.15. The number of nitrogens with zero attached hydrogens (tertiary/aromatic N) is 1. The van der Waals surface area contributed by atoms with Crippen molar-refractivity contribution in [2.45, 2.75) is 50.8 Å². The summed E-state index contributed by atoms with van der Waals surface area (Å²) in [6, 6.07) is 0.473. The number of aliphatic hydroxyl groups is 1. The predicted octanol–water partition coefficient (Wildman–Crippen LogP) is -0.315. The first-order valence-corrected chi connectivity index (χ1v) is 6.90. The van der Waals surface area contributed by atoms with Crippen molar-refractivity contribution >= 4 is 5.91 Å². The van der Waals surface area contributed by atoms with E-state index in [4.69, 9.17) is 5.73 Å². The number of nitrogens with one attached hydrogen (secondary N) is 1. The first-order chi connectivity index (χ1) is 8.42. The highest BCUT2D eigenvalue weighted by Gasteiger charge is 2.42. The Morgan fingerprint density at radius 2 is 2.22 bits per heavy atom. The summed E-state index contributed by atoms with van der Waals surface area (Å²) in [5, 5.41) is 13.9. The SMILES string of the molecule is CC1CCC(C(N)=O)CN1C1CNCCC1(C)O. The summed E-state index contributed by atoms with van der Waals surface area (Å²) in [6.07, 6.45) is 2.59. The fraction of sp³-hybridized carbons (Fsp3) is 0.923. The first-order valence-electron chi connectivity index (χ1n) is 6.90. The number of hydrogen-bond acceptors (Lipinski definition) is 4. The van der Waals surface area contributed by atoms with Crippen molar-refractivity contribution in [3.05, 3.63) is 0 Å². The van der Waals surface area contributed by atoms with Crippen molar-refractivity contribution in [1.82, 2.24) is 10.2 Å².